The van der Waals surface area contributed by atoms with Crippen molar-refractivity contribution in [3.63, 3.8) is 0 Å². The van der Waals surface area contributed by atoms with E-state index in [9.17, 15) is 26.4 Å². The predicted octanol–water partition coefficient (Wildman–Crippen LogP) is 1.97. The van der Waals surface area contributed by atoms with Crippen LogP contribution in [0.15, 0.2) is 53.4 Å². The minimum absolute atomic E-state index is 0.0120. The number of carbonyl (C=O) groups is 1. The van der Waals surface area contributed by atoms with E-state index in [1.54, 1.807) is 0 Å². The monoisotopic (exact) mass is 485 g/mol. The van der Waals surface area contributed by atoms with Crippen molar-refractivity contribution in [3.05, 3.63) is 59.7 Å². The van der Waals surface area contributed by atoms with E-state index in [0.717, 1.165) is 18.2 Å². The second kappa shape index (κ2) is 9.37. The summed E-state index contributed by atoms with van der Waals surface area (Å²) < 4.78 is 65.8. The van der Waals surface area contributed by atoms with Crippen molar-refractivity contribution in [2.24, 2.45) is 5.73 Å². The lowest BCUT2D eigenvalue weighted by molar-refractivity contribution is -0.137. The number of benzene rings is 2. The maximum atomic E-state index is 12.9. The molecule has 2 aromatic carbocycles. The minimum atomic E-state index is -4.66. The number of hydroxylamine groups is 2. The molecule has 2 aromatic rings. The molecule has 0 saturated carbocycles. The van der Waals surface area contributed by atoms with E-state index in [2.05, 4.69) is 0 Å². The van der Waals surface area contributed by atoms with E-state index in [-0.39, 0.29) is 10.6 Å². The van der Waals surface area contributed by atoms with Gasteiger partial charge in [-0.15, -0.1) is 5.06 Å². The molecule has 0 spiro atoms. The Morgan fingerprint density at radius 3 is 2.24 bits per heavy atom. The first-order valence-corrected chi connectivity index (χ1v) is 11.2. The maximum Gasteiger partial charge on any atom is 0.416 e. The van der Waals surface area contributed by atoms with Crippen molar-refractivity contribution in [2.45, 2.75) is 11.1 Å². The first kappa shape index (κ1) is 24.5. The zero-order chi connectivity index (χ0) is 24.4. The summed E-state index contributed by atoms with van der Waals surface area (Å²) in [5.74, 6) is -2.00. The molecule has 0 atom stereocenters. The number of carbonyl (C=O) groups excluding carboxylic acids is 1. The number of rotatable bonds is 5. The molecule has 0 bridgehead atoms. The van der Waals surface area contributed by atoms with Gasteiger partial charge in [-0.3, -0.25) is 10.2 Å². The fourth-order valence-electron chi connectivity index (χ4n) is 3.10. The third kappa shape index (κ3) is 5.61. The van der Waals surface area contributed by atoms with Crippen LogP contribution in [0.5, 0.6) is 5.75 Å². The summed E-state index contributed by atoms with van der Waals surface area (Å²) in [6.07, 6.45) is -4.66. The van der Waals surface area contributed by atoms with Crippen LogP contribution in [0.1, 0.15) is 15.9 Å². The molecule has 178 valence electrons. The second-order valence-electron chi connectivity index (χ2n) is 7.33. The van der Waals surface area contributed by atoms with E-state index >= 15 is 0 Å². The number of hydrogen-bond acceptors (Lipinski definition) is 6. The number of guanidine groups is 1. The molecule has 1 amide bonds. The van der Waals surface area contributed by atoms with Gasteiger partial charge in [0.25, 0.3) is 5.91 Å². The van der Waals surface area contributed by atoms with Crippen molar-refractivity contribution < 1.29 is 31.2 Å². The number of nitrogens with two attached hydrogens (primary N) is 1. The van der Waals surface area contributed by atoms with Crippen molar-refractivity contribution in [1.82, 2.24) is 14.3 Å². The number of nitrogens with zero attached hydrogens (tertiary/aromatic N) is 3. The van der Waals surface area contributed by atoms with Gasteiger partial charge in [-0.1, -0.05) is 6.07 Å². The van der Waals surface area contributed by atoms with Gasteiger partial charge in [0, 0.05) is 31.7 Å². The first-order valence-electron chi connectivity index (χ1n) is 9.72. The minimum Gasteiger partial charge on any atom is -0.369 e. The highest BCUT2D eigenvalue weighted by Crippen LogP contribution is 2.30. The van der Waals surface area contributed by atoms with E-state index in [4.69, 9.17) is 16.0 Å². The zero-order valence-corrected chi connectivity index (χ0v) is 18.4. The Balaban J connectivity index is 1.78. The summed E-state index contributed by atoms with van der Waals surface area (Å²) >= 11 is 0. The van der Waals surface area contributed by atoms with Crippen LogP contribution in [-0.4, -0.2) is 67.8 Å². The van der Waals surface area contributed by atoms with Gasteiger partial charge in [-0.05, 0) is 49.5 Å². The molecule has 13 heteroatoms. The normalized spacial score (nSPS) is 15.8. The van der Waals surface area contributed by atoms with Gasteiger partial charge in [-0.2, -0.15) is 17.5 Å². The van der Waals surface area contributed by atoms with Gasteiger partial charge < -0.3 is 15.5 Å². The van der Waals surface area contributed by atoms with Crippen LogP contribution in [0.2, 0.25) is 0 Å². The Hall–Kier alpha value is -3.16. The van der Waals surface area contributed by atoms with Crippen LogP contribution >= 0.6 is 0 Å². The highest BCUT2D eigenvalue weighted by Gasteiger charge is 2.32. The van der Waals surface area contributed by atoms with Gasteiger partial charge >= 0.3 is 6.18 Å². The SMILES string of the molecule is CN1CCN(S(=O)(=O)c2ccc(ON(C(=N)N)C(=O)c3cccc(C(F)(F)F)c3)cc2)CC1. The molecule has 1 saturated heterocycles. The van der Waals surface area contributed by atoms with Crippen molar-refractivity contribution in [2.75, 3.05) is 33.2 Å². The molecule has 3 N–H and O–H groups in total. The third-order valence-corrected chi connectivity index (χ3v) is 6.87. The van der Waals surface area contributed by atoms with Crippen molar-refractivity contribution >= 4 is 21.9 Å². The molecular weight excluding hydrogens is 463 g/mol. The topological polar surface area (TPSA) is 120 Å². The van der Waals surface area contributed by atoms with Crippen LogP contribution in [-0.2, 0) is 16.2 Å². The molecule has 0 aliphatic carbocycles. The Kier molecular flexibility index (Phi) is 6.95. The summed E-state index contributed by atoms with van der Waals surface area (Å²) in [5.41, 5.74) is 3.95. The first-order chi connectivity index (χ1) is 15.4. The van der Waals surface area contributed by atoms with Gasteiger partial charge in [0.05, 0.1) is 10.5 Å². The van der Waals surface area contributed by atoms with Gasteiger partial charge in [0.2, 0.25) is 16.0 Å². The average molecular weight is 485 g/mol. The molecule has 0 aromatic heterocycles. The predicted molar refractivity (Wildman–Crippen MR) is 113 cm³/mol. The number of nitrogens with one attached hydrogen (secondary N) is 1. The zero-order valence-electron chi connectivity index (χ0n) is 17.5. The second-order valence-corrected chi connectivity index (χ2v) is 9.27. The standard InChI is InChI=1S/C20H22F3N5O4S/c1-26-9-11-27(12-10-26)33(30,31)17-7-5-16(6-8-17)32-28(19(24)25)18(29)14-3-2-4-15(13-14)20(21,22)23/h2-8,13H,9-12H2,1H3,(H3,24,25). The number of alkyl halides is 3. The number of piperazine rings is 1. The number of halogens is 3. The molecular formula is C20H22F3N5O4S. The Labute approximate surface area is 188 Å². The highest BCUT2D eigenvalue weighted by atomic mass is 32.2. The number of likely N-dealkylation sites (N-methyl/N-ethyl adjacent to an activating group) is 1. The summed E-state index contributed by atoms with van der Waals surface area (Å²) in [4.78, 5) is 19.9. The molecule has 0 radical (unpaired) electrons. The lowest BCUT2D eigenvalue weighted by atomic mass is 10.1. The average Bonchev–Trinajstić information content (AvgIpc) is 2.77. The molecule has 9 nitrogen and oxygen atoms in total. The molecule has 3 rings (SSSR count). The number of sulfonamides is 1. The van der Waals surface area contributed by atoms with Crippen LogP contribution in [0.25, 0.3) is 0 Å². The quantitative estimate of drug-likeness (QED) is 0.380. The van der Waals surface area contributed by atoms with E-state index in [1.807, 2.05) is 11.9 Å². The Bertz CT molecular complexity index is 1130. The van der Waals surface area contributed by atoms with E-state index < -0.39 is 39.2 Å². The molecule has 0 unspecified atom stereocenters. The molecule has 33 heavy (non-hydrogen) atoms. The molecule has 1 fully saturated rings. The van der Waals surface area contributed by atoms with Gasteiger partial charge in [-0.25, -0.2) is 8.42 Å². The molecule has 1 aliphatic rings. The summed E-state index contributed by atoms with van der Waals surface area (Å²) in [5, 5.41) is 7.90. The summed E-state index contributed by atoms with van der Waals surface area (Å²) in [6, 6.07) is 8.67. The van der Waals surface area contributed by atoms with E-state index in [0.29, 0.717) is 37.3 Å². The lowest BCUT2D eigenvalue weighted by Gasteiger charge is -2.31. The lowest BCUT2D eigenvalue weighted by Crippen LogP contribution is -2.47. The highest BCUT2D eigenvalue weighted by molar-refractivity contribution is 7.89. The Morgan fingerprint density at radius 1 is 1.09 bits per heavy atom. The van der Waals surface area contributed by atoms with Gasteiger partial charge in [0.1, 0.15) is 0 Å². The largest absolute Gasteiger partial charge is 0.416 e. The van der Waals surface area contributed by atoms with Crippen LogP contribution in [0, 0.1) is 5.41 Å². The van der Waals surface area contributed by atoms with Crippen molar-refractivity contribution in [3.8, 4) is 5.75 Å². The van der Waals surface area contributed by atoms with E-state index in [1.165, 1.54) is 28.6 Å². The molecule has 1 heterocycles. The third-order valence-electron chi connectivity index (χ3n) is 4.96. The van der Waals surface area contributed by atoms with Gasteiger partial charge in [0.15, 0.2) is 5.75 Å². The van der Waals surface area contributed by atoms with Crippen LogP contribution in [0.3, 0.4) is 0 Å². The fraction of sp³-hybridized carbons (Fsp3) is 0.300. The summed E-state index contributed by atoms with van der Waals surface area (Å²) in [7, 11) is -1.83. The van der Waals surface area contributed by atoms with Crippen LogP contribution in [0.4, 0.5) is 13.2 Å². The smallest absolute Gasteiger partial charge is 0.369 e. The Morgan fingerprint density at radius 2 is 1.70 bits per heavy atom. The number of amides is 1. The maximum absolute atomic E-state index is 12.9. The van der Waals surface area contributed by atoms with Crippen LogP contribution < -0.4 is 10.6 Å². The number of hydrogen-bond donors (Lipinski definition) is 2. The fourth-order valence-corrected chi connectivity index (χ4v) is 4.52. The summed E-state index contributed by atoms with van der Waals surface area (Å²) in [6.45, 7) is 1.90. The molecule has 1 aliphatic heterocycles. The van der Waals surface area contributed by atoms with Crippen molar-refractivity contribution in [1.29, 1.82) is 5.41 Å².